The average molecular weight is 496 g/mol. The molecular formula is C28H25F4N3O. The van der Waals surface area contributed by atoms with Gasteiger partial charge >= 0.3 is 6.18 Å². The molecule has 1 aliphatic carbocycles. The van der Waals surface area contributed by atoms with E-state index in [1.165, 1.54) is 12.4 Å². The zero-order chi connectivity index (χ0) is 25.9. The Bertz CT molecular complexity index is 1400. The number of hydrogen-bond donors (Lipinski definition) is 1. The molecule has 0 fully saturated rings. The van der Waals surface area contributed by atoms with Crippen LogP contribution in [0.15, 0.2) is 72.3 Å². The number of anilines is 1. The first-order valence-electron chi connectivity index (χ1n) is 11.7. The Balaban J connectivity index is 1.71. The topological polar surface area (TPSA) is 54.9 Å². The number of ketones is 1. The van der Waals surface area contributed by atoms with E-state index >= 15 is 4.39 Å². The highest BCUT2D eigenvalue weighted by molar-refractivity contribution is 6.05. The minimum absolute atomic E-state index is 0.0545. The zero-order valence-corrected chi connectivity index (χ0v) is 20.1. The smallest absolute Gasteiger partial charge is 0.343 e. The van der Waals surface area contributed by atoms with E-state index in [2.05, 4.69) is 15.3 Å². The van der Waals surface area contributed by atoms with Crippen LogP contribution in [-0.4, -0.2) is 28.1 Å². The minimum atomic E-state index is -4.39. The number of hydrogen-bond acceptors (Lipinski definition) is 4. The summed E-state index contributed by atoms with van der Waals surface area (Å²) in [4.78, 5) is 21.9. The van der Waals surface area contributed by atoms with Gasteiger partial charge < -0.3 is 5.32 Å². The van der Waals surface area contributed by atoms with Crippen LogP contribution in [0.1, 0.15) is 43.9 Å². The first-order chi connectivity index (χ1) is 16.9. The van der Waals surface area contributed by atoms with Crippen molar-refractivity contribution in [1.82, 2.24) is 9.97 Å². The van der Waals surface area contributed by atoms with Gasteiger partial charge in [-0.25, -0.2) is 9.37 Å². The van der Waals surface area contributed by atoms with Crippen molar-refractivity contribution in [2.75, 3.05) is 5.32 Å². The summed E-state index contributed by atoms with van der Waals surface area (Å²) in [5.74, 6) is -0.00967. The van der Waals surface area contributed by atoms with Gasteiger partial charge in [0.1, 0.15) is 5.82 Å². The van der Waals surface area contributed by atoms with E-state index < -0.39 is 35.4 Å². The Kier molecular flexibility index (Phi) is 5.54. The van der Waals surface area contributed by atoms with E-state index in [0.717, 1.165) is 0 Å². The van der Waals surface area contributed by atoms with Gasteiger partial charge in [0.05, 0.1) is 11.8 Å². The molecule has 0 bridgehead atoms. The van der Waals surface area contributed by atoms with Crippen LogP contribution in [0, 0.1) is 5.41 Å². The number of nitrogens with zero attached hydrogens (tertiary/aromatic N) is 2. The van der Waals surface area contributed by atoms with Gasteiger partial charge in [-0.1, -0.05) is 38.1 Å². The molecular weight excluding hydrogens is 470 g/mol. The number of pyridine rings is 2. The predicted octanol–water partition coefficient (Wildman–Crippen LogP) is 6.57. The third-order valence-electron chi connectivity index (χ3n) is 7.26. The summed E-state index contributed by atoms with van der Waals surface area (Å²) in [5, 5.41) is 3.26. The Hall–Kier alpha value is -3.55. The van der Waals surface area contributed by atoms with Gasteiger partial charge in [0.2, 0.25) is 0 Å². The van der Waals surface area contributed by atoms with Gasteiger partial charge in [0.15, 0.2) is 12.0 Å². The SMILES string of the molecule is CC1(C)CC2=C(C(=O)[C@@H]1F)[C@@](C)(c1cccc(-c3ccncc3CC(F)(F)F)c1)c1cccnc1N2. The molecule has 0 saturated heterocycles. The molecule has 0 amide bonds. The highest BCUT2D eigenvalue weighted by atomic mass is 19.4. The van der Waals surface area contributed by atoms with Crippen molar-refractivity contribution >= 4 is 11.6 Å². The summed E-state index contributed by atoms with van der Waals surface area (Å²) in [5.41, 5.74) is 1.39. The lowest BCUT2D eigenvalue weighted by atomic mass is 9.61. The molecule has 2 aromatic heterocycles. The average Bonchev–Trinajstić information content (AvgIpc) is 2.82. The summed E-state index contributed by atoms with van der Waals surface area (Å²) >= 11 is 0. The number of fused-ring (bicyclic) bond motifs is 1. The lowest BCUT2D eigenvalue weighted by Gasteiger charge is -2.45. The first-order valence-corrected chi connectivity index (χ1v) is 11.7. The van der Waals surface area contributed by atoms with Crippen molar-refractivity contribution in [2.45, 2.75) is 51.4 Å². The van der Waals surface area contributed by atoms with Crippen LogP contribution in [0.2, 0.25) is 0 Å². The molecule has 186 valence electrons. The summed E-state index contributed by atoms with van der Waals surface area (Å²) in [6.45, 7) is 5.30. The lowest BCUT2D eigenvalue weighted by Crippen LogP contribution is -2.48. The highest BCUT2D eigenvalue weighted by Gasteiger charge is 2.52. The summed E-state index contributed by atoms with van der Waals surface area (Å²) in [6, 6.07) is 12.2. The molecule has 3 aromatic rings. The van der Waals surface area contributed by atoms with Crippen LogP contribution in [0.3, 0.4) is 0 Å². The summed E-state index contributed by atoms with van der Waals surface area (Å²) in [6.07, 6.45) is -2.55. The molecule has 5 rings (SSSR count). The molecule has 4 nitrogen and oxygen atoms in total. The Morgan fingerprint density at radius 2 is 1.86 bits per heavy atom. The van der Waals surface area contributed by atoms with E-state index in [9.17, 15) is 18.0 Å². The number of nitrogens with one attached hydrogen (secondary N) is 1. The fourth-order valence-corrected chi connectivity index (χ4v) is 5.47. The van der Waals surface area contributed by atoms with Crippen molar-refractivity contribution in [2.24, 2.45) is 5.41 Å². The maximum atomic E-state index is 15.4. The monoisotopic (exact) mass is 495 g/mol. The summed E-state index contributed by atoms with van der Waals surface area (Å²) in [7, 11) is 0. The van der Waals surface area contributed by atoms with Crippen LogP contribution in [0.25, 0.3) is 11.1 Å². The number of aromatic nitrogens is 2. The van der Waals surface area contributed by atoms with E-state index in [4.69, 9.17) is 0 Å². The number of benzene rings is 1. The number of carbonyl (C=O) groups is 1. The van der Waals surface area contributed by atoms with Crippen LogP contribution in [0.4, 0.5) is 23.4 Å². The quantitative estimate of drug-likeness (QED) is 0.418. The molecule has 1 aromatic carbocycles. The van der Waals surface area contributed by atoms with E-state index in [-0.39, 0.29) is 5.56 Å². The second kappa shape index (κ2) is 8.25. The van der Waals surface area contributed by atoms with E-state index in [1.54, 1.807) is 50.4 Å². The molecule has 0 radical (unpaired) electrons. The molecule has 3 heterocycles. The molecule has 0 unspecified atom stereocenters. The Labute approximate surface area is 206 Å². The molecule has 0 spiro atoms. The van der Waals surface area contributed by atoms with Crippen molar-refractivity contribution in [3.8, 4) is 11.1 Å². The molecule has 8 heteroatoms. The van der Waals surface area contributed by atoms with Gasteiger partial charge in [-0.05, 0) is 53.8 Å². The van der Waals surface area contributed by atoms with Crippen molar-refractivity contribution in [1.29, 1.82) is 0 Å². The van der Waals surface area contributed by atoms with E-state index in [1.807, 2.05) is 19.1 Å². The first kappa shape index (κ1) is 24.2. The fraction of sp³-hybridized carbons (Fsp3) is 0.321. The minimum Gasteiger partial charge on any atom is -0.343 e. The molecule has 1 N–H and O–H groups in total. The van der Waals surface area contributed by atoms with Crippen molar-refractivity contribution < 1.29 is 22.4 Å². The molecule has 2 atom stereocenters. The number of Topliss-reactive ketones (excluding diaryl/α,β-unsaturated/α-hetero) is 1. The fourth-order valence-electron chi connectivity index (χ4n) is 5.47. The molecule has 0 saturated carbocycles. The normalized spacial score (nSPS) is 23.1. The maximum absolute atomic E-state index is 15.4. The standard InChI is InChI=1S/C28H25F4N3O/c1-26(2)14-21-22(23(36)24(26)29)27(3,20-8-5-10-34-25(20)35-21)18-7-4-6-16(12-18)19-9-11-33-15-17(19)13-28(30,31)32/h4-12,15,24H,13-14H2,1-3H3,(H,34,35)/t24-,27-/m0/s1. The lowest BCUT2D eigenvalue weighted by molar-refractivity contribution is -0.127. The Morgan fingerprint density at radius 1 is 1.08 bits per heavy atom. The third-order valence-corrected chi connectivity index (χ3v) is 7.26. The number of halogens is 4. The molecule has 1 aliphatic heterocycles. The number of alkyl halides is 4. The van der Waals surface area contributed by atoms with Crippen LogP contribution in [-0.2, 0) is 16.6 Å². The van der Waals surface area contributed by atoms with Gasteiger partial charge in [0.25, 0.3) is 0 Å². The van der Waals surface area contributed by atoms with Crippen LogP contribution < -0.4 is 5.32 Å². The van der Waals surface area contributed by atoms with E-state index in [0.29, 0.717) is 45.8 Å². The third kappa shape index (κ3) is 3.88. The largest absolute Gasteiger partial charge is 0.393 e. The Morgan fingerprint density at radius 3 is 2.61 bits per heavy atom. The zero-order valence-electron chi connectivity index (χ0n) is 20.1. The maximum Gasteiger partial charge on any atom is 0.393 e. The second-order valence-corrected chi connectivity index (χ2v) is 10.3. The molecule has 2 aliphatic rings. The summed E-state index contributed by atoms with van der Waals surface area (Å²) < 4.78 is 55.1. The highest BCUT2D eigenvalue weighted by Crippen LogP contribution is 2.53. The van der Waals surface area contributed by atoms with Gasteiger partial charge in [0, 0.05) is 40.8 Å². The van der Waals surface area contributed by atoms with Crippen LogP contribution in [0.5, 0.6) is 0 Å². The number of carbonyl (C=O) groups excluding carboxylic acids is 1. The molecule has 36 heavy (non-hydrogen) atoms. The number of allylic oxidation sites excluding steroid dienone is 2. The van der Waals surface area contributed by atoms with Gasteiger partial charge in [-0.2, -0.15) is 13.2 Å². The van der Waals surface area contributed by atoms with Crippen molar-refractivity contribution in [3.05, 3.63) is 89.0 Å². The van der Waals surface area contributed by atoms with Gasteiger partial charge in [-0.3, -0.25) is 9.78 Å². The second-order valence-electron chi connectivity index (χ2n) is 10.3. The van der Waals surface area contributed by atoms with Crippen molar-refractivity contribution in [3.63, 3.8) is 0 Å². The number of rotatable bonds is 3. The predicted molar refractivity (Wildman–Crippen MR) is 129 cm³/mol. The van der Waals surface area contributed by atoms with Gasteiger partial charge in [-0.15, -0.1) is 0 Å². The van der Waals surface area contributed by atoms with Crippen LogP contribution >= 0.6 is 0 Å².